The molecule has 0 radical (unpaired) electrons. The molecule has 4 rings (SSSR count). The van der Waals surface area contributed by atoms with E-state index < -0.39 is 22.6 Å². The predicted octanol–water partition coefficient (Wildman–Crippen LogP) is 3.92. The summed E-state index contributed by atoms with van der Waals surface area (Å²) in [4.78, 5) is 47.5. The predicted molar refractivity (Wildman–Crippen MR) is 153 cm³/mol. The van der Waals surface area contributed by atoms with Crippen LogP contribution in [0.25, 0.3) is 0 Å². The van der Waals surface area contributed by atoms with Gasteiger partial charge >= 0.3 is 0 Å². The Labute approximate surface area is 234 Å². The first-order valence-electron chi connectivity index (χ1n) is 13.4. The number of rotatable bonds is 11. The standard InChI is InChI=1S/C29H38ClN3O4S/c1-6-12-31(13-7-2)26(35)22-21-17-19(5)29(38-21)23(22)27(36)33(15-16-34)25(29)28(37)32(14-8-3)24-18(4)10-9-11-20(24)30/h6,8-11,19,21-23,25,34H,1,3,7,12-17H2,2,4-5H3/t19?,21-,22+,23+,25?,29?/m1/s1. The summed E-state index contributed by atoms with van der Waals surface area (Å²) >= 11 is 8.23. The summed E-state index contributed by atoms with van der Waals surface area (Å²) in [6, 6.07) is 4.65. The largest absolute Gasteiger partial charge is 0.395 e. The third-order valence-corrected chi connectivity index (χ3v) is 10.7. The third kappa shape index (κ3) is 4.38. The molecule has 3 fully saturated rings. The van der Waals surface area contributed by atoms with Crippen molar-refractivity contribution >= 4 is 46.8 Å². The second-order valence-corrected chi connectivity index (χ2v) is 12.5. The minimum absolute atomic E-state index is 0.0289. The topological polar surface area (TPSA) is 81.2 Å². The second kappa shape index (κ2) is 11.4. The lowest BCUT2D eigenvalue weighted by molar-refractivity contribution is -0.144. The number of para-hydroxylation sites is 1. The van der Waals surface area contributed by atoms with E-state index in [1.807, 2.05) is 26.0 Å². The van der Waals surface area contributed by atoms with Gasteiger partial charge in [-0.3, -0.25) is 14.4 Å². The monoisotopic (exact) mass is 559 g/mol. The van der Waals surface area contributed by atoms with E-state index in [1.165, 1.54) is 4.90 Å². The van der Waals surface area contributed by atoms with Crippen molar-refractivity contribution in [1.29, 1.82) is 0 Å². The van der Waals surface area contributed by atoms with E-state index in [-0.39, 0.29) is 48.6 Å². The van der Waals surface area contributed by atoms with Crippen LogP contribution in [-0.4, -0.2) is 81.5 Å². The van der Waals surface area contributed by atoms with Gasteiger partial charge in [0.1, 0.15) is 6.04 Å². The van der Waals surface area contributed by atoms with Crippen LogP contribution in [0.5, 0.6) is 0 Å². The van der Waals surface area contributed by atoms with E-state index in [4.69, 9.17) is 11.6 Å². The van der Waals surface area contributed by atoms with Gasteiger partial charge in [-0.05, 0) is 37.3 Å². The number of thioether (sulfide) groups is 1. The number of hydrogen-bond donors (Lipinski definition) is 1. The van der Waals surface area contributed by atoms with Crippen LogP contribution in [0.2, 0.25) is 5.02 Å². The normalized spacial score (nSPS) is 29.3. The third-order valence-electron chi connectivity index (χ3n) is 8.30. The number of anilines is 1. The number of hydrogen-bond acceptors (Lipinski definition) is 5. The molecule has 1 N–H and O–H groups in total. The Hall–Kier alpha value is -2.29. The Morgan fingerprint density at radius 1 is 1.26 bits per heavy atom. The van der Waals surface area contributed by atoms with Crippen molar-refractivity contribution in [2.75, 3.05) is 37.7 Å². The van der Waals surface area contributed by atoms with E-state index in [9.17, 15) is 19.5 Å². The quantitative estimate of drug-likeness (QED) is 0.416. The van der Waals surface area contributed by atoms with Gasteiger partial charge in [0.25, 0.3) is 5.91 Å². The van der Waals surface area contributed by atoms with Crippen molar-refractivity contribution in [3.05, 3.63) is 54.1 Å². The second-order valence-electron chi connectivity index (χ2n) is 10.5. The number of benzene rings is 1. The number of aryl methyl sites for hydroxylation is 1. The van der Waals surface area contributed by atoms with Crippen molar-refractivity contribution in [1.82, 2.24) is 9.80 Å². The molecule has 0 aliphatic carbocycles. The molecule has 2 bridgehead atoms. The zero-order chi connectivity index (χ0) is 27.8. The molecular weight excluding hydrogens is 522 g/mol. The van der Waals surface area contributed by atoms with Crippen LogP contribution >= 0.6 is 23.4 Å². The first-order valence-corrected chi connectivity index (χ1v) is 14.6. The molecule has 3 aliphatic rings. The van der Waals surface area contributed by atoms with Crippen LogP contribution in [0.15, 0.2) is 43.5 Å². The molecule has 9 heteroatoms. The highest BCUT2D eigenvalue weighted by atomic mass is 35.5. The van der Waals surface area contributed by atoms with Crippen molar-refractivity contribution in [3.8, 4) is 0 Å². The van der Waals surface area contributed by atoms with Crippen LogP contribution in [0.1, 0.15) is 32.3 Å². The van der Waals surface area contributed by atoms with Gasteiger partial charge in [0.05, 0.1) is 33.9 Å². The van der Waals surface area contributed by atoms with Gasteiger partial charge in [-0.15, -0.1) is 24.9 Å². The van der Waals surface area contributed by atoms with E-state index in [2.05, 4.69) is 20.1 Å². The molecule has 1 aromatic carbocycles. The van der Waals surface area contributed by atoms with Crippen LogP contribution in [-0.2, 0) is 14.4 Å². The Bertz CT molecular complexity index is 1110. The summed E-state index contributed by atoms with van der Waals surface area (Å²) in [5, 5.41) is 10.3. The molecule has 1 aromatic rings. The molecule has 3 saturated heterocycles. The smallest absolute Gasteiger partial charge is 0.251 e. The number of likely N-dealkylation sites (tertiary alicyclic amines) is 1. The number of carbonyl (C=O) groups is 3. The molecule has 38 heavy (non-hydrogen) atoms. The van der Waals surface area contributed by atoms with Crippen molar-refractivity contribution in [2.45, 2.75) is 49.7 Å². The average molecular weight is 560 g/mol. The molecule has 206 valence electrons. The molecule has 3 aliphatic heterocycles. The van der Waals surface area contributed by atoms with Crippen LogP contribution < -0.4 is 4.90 Å². The number of aliphatic hydroxyl groups is 1. The summed E-state index contributed by atoms with van der Waals surface area (Å²) in [5.41, 5.74) is 1.43. The molecule has 3 unspecified atom stereocenters. The number of fused-ring (bicyclic) bond motifs is 1. The van der Waals surface area contributed by atoms with Gasteiger partial charge in [0, 0.05) is 31.4 Å². The maximum atomic E-state index is 14.6. The first-order chi connectivity index (χ1) is 18.2. The molecule has 0 saturated carbocycles. The lowest BCUT2D eigenvalue weighted by atomic mass is 9.65. The molecular formula is C29H38ClN3O4S. The highest BCUT2D eigenvalue weighted by molar-refractivity contribution is 8.02. The van der Waals surface area contributed by atoms with E-state index >= 15 is 0 Å². The highest BCUT2D eigenvalue weighted by Gasteiger charge is 2.76. The van der Waals surface area contributed by atoms with E-state index in [0.717, 1.165) is 18.4 Å². The highest BCUT2D eigenvalue weighted by Crippen LogP contribution is 2.69. The van der Waals surface area contributed by atoms with E-state index in [1.54, 1.807) is 39.8 Å². The van der Waals surface area contributed by atoms with Gasteiger partial charge in [-0.1, -0.05) is 49.7 Å². The van der Waals surface area contributed by atoms with E-state index in [0.29, 0.717) is 23.8 Å². The SMILES string of the molecule is C=CCN(CCC)C(=O)[C@@H]1[C@H]2C(=O)N(CCO)C(C(=O)N(CC=C)c3c(C)cccc3Cl)C23S[C@@H]1CC3C. The summed E-state index contributed by atoms with van der Waals surface area (Å²) in [5.74, 6) is -1.62. The fourth-order valence-corrected chi connectivity index (χ4v) is 9.62. The maximum absolute atomic E-state index is 14.6. The fraction of sp³-hybridized carbons (Fsp3) is 0.552. The molecule has 7 nitrogen and oxygen atoms in total. The first kappa shape index (κ1) is 28.7. The Morgan fingerprint density at radius 3 is 2.58 bits per heavy atom. The number of amides is 3. The molecule has 3 heterocycles. The van der Waals surface area contributed by atoms with Gasteiger partial charge < -0.3 is 19.8 Å². The van der Waals surface area contributed by atoms with Gasteiger partial charge in [0.2, 0.25) is 11.8 Å². The Morgan fingerprint density at radius 2 is 1.97 bits per heavy atom. The average Bonchev–Trinajstić information content (AvgIpc) is 3.46. The maximum Gasteiger partial charge on any atom is 0.251 e. The minimum Gasteiger partial charge on any atom is -0.395 e. The van der Waals surface area contributed by atoms with Crippen LogP contribution in [0.3, 0.4) is 0 Å². The Kier molecular flexibility index (Phi) is 8.65. The number of carbonyl (C=O) groups excluding carboxylic acids is 3. The fourth-order valence-electron chi connectivity index (χ4n) is 6.89. The summed E-state index contributed by atoms with van der Waals surface area (Å²) in [7, 11) is 0. The van der Waals surface area contributed by atoms with Gasteiger partial charge in [0.15, 0.2) is 0 Å². The molecule has 6 atom stereocenters. The lowest BCUT2D eigenvalue weighted by Gasteiger charge is -2.41. The molecule has 0 aromatic heterocycles. The van der Waals surface area contributed by atoms with Crippen molar-refractivity contribution < 1.29 is 19.5 Å². The van der Waals surface area contributed by atoms with Crippen LogP contribution in [0.4, 0.5) is 5.69 Å². The minimum atomic E-state index is -0.829. The lowest BCUT2D eigenvalue weighted by Crippen LogP contribution is -2.58. The summed E-state index contributed by atoms with van der Waals surface area (Å²) < 4.78 is -0.769. The Balaban J connectivity index is 1.82. The molecule has 3 amide bonds. The number of aliphatic hydroxyl groups excluding tert-OH is 1. The summed E-state index contributed by atoms with van der Waals surface area (Å²) in [6.07, 6.45) is 4.92. The van der Waals surface area contributed by atoms with Crippen molar-refractivity contribution in [2.24, 2.45) is 17.8 Å². The van der Waals surface area contributed by atoms with Crippen molar-refractivity contribution in [3.63, 3.8) is 0 Å². The number of nitrogens with zero attached hydrogens (tertiary/aromatic N) is 3. The van der Waals surface area contributed by atoms with Gasteiger partial charge in [-0.2, -0.15) is 0 Å². The number of halogens is 1. The van der Waals surface area contributed by atoms with Crippen LogP contribution in [0, 0.1) is 24.7 Å². The zero-order valence-corrected chi connectivity index (χ0v) is 24.0. The van der Waals surface area contributed by atoms with Gasteiger partial charge in [-0.25, -0.2) is 0 Å². The molecule has 1 spiro atoms. The zero-order valence-electron chi connectivity index (χ0n) is 22.4. The summed E-state index contributed by atoms with van der Waals surface area (Å²) in [6.45, 7) is 14.7. The number of β-amino-alcohol motifs (C(OH)–C–C–N with tert-alkyl or cyclic N) is 1.